The molecule has 0 saturated heterocycles. The molecule has 0 saturated carbocycles. The maximum absolute atomic E-state index is 11.8. The van der Waals surface area contributed by atoms with Crippen molar-refractivity contribution >= 4 is 27.6 Å². The average Bonchev–Trinajstić information content (AvgIpc) is 2.70. The number of tetrazole rings is 1. The fourth-order valence-electron chi connectivity index (χ4n) is 1.02. The number of anilines is 1. The van der Waals surface area contributed by atoms with Crippen molar-refractivity contribution in [1.29, 1.82) is 0 Å². The molecule has 16 heavy (non-hydrogen) atoms. The van der Waals surface area contributed by atoms with Gasteiger partial charge in [0.15, 0.2) is 0 Å². The van der Waals surface area contributed by atoms with Crippen LogP contribution in [0.1, 0.15) is 0 Å². The molecular formula is C7H6ClN5O2S. The normalized spacial score (nSPS) is 11.3. The Labute approximate surface area is 95.9 Å². The van der Waals surface area contributed by atoms with Gasteiger partial charge in [0.2, 0.25) is 0 Å². The van der Waals surface area contributed by atoms with Crippen molar-refractivity contribution in [1.82, 2.24) is 20.6 Å². The largest absolute Gasteiger partial charge is 0.276 e. The molecule has 2 N–H and O–H groups in total. The summed E-state index contributed by atoms with van der Waals surface area (Å²) < 4.78 is 25.7. The average molecular weight is 260 g/mol. The second-order valence-corrected chi connectivity index (χ2v) is 4.92. The third-order valence-electron chi connectivity index (χ3n) is 1.68. The number of halogens is 1. The minimum Gasteiger partial charge on any atom is -0.245 e. The van der Waals surface area contributed by atoms with Crippen molar-refractivity contribution in [3.05, 3.63) is 29.3 Å². The molecule has 0 fully saturated rings. The number of rotatable bonds is 3. The van der Waals surface area contributed by atoms with Crippen molar-refractivity contribution in [2.45, 2.75) is 4.90 Å². The molecule has 1 aromatic heterocycles. The number of nitrogens with zero attached hydrogens (tertiary/aromatic N) is 3. The van der Waals surface area contributed by atoms with Gasteiger partial charge in [0.25, 0.3) is 16.0 Å². The lowest BCUT2D eigenvalue weighted by Gasteiger charge is -2.03. The zero-order valence-electron chi connectivity index (χ0n) is 7.75. The summed E-state index contributed by atoms with van der Waals surface area (Å²) in [6.07, 6.45) is 0. The van der Waals surface area contributed by atoms with Gasteiger partial charge < -0.3 is 0 Å². The van der Waals surface area contributed by atoms with E-state index in [9.17, 15) is 8.42 Å². The lowest BCUT2D eigenvalue weighted by atomic mass is 10.4. The first-order valence-corrected chi connectivity index (χ1v) is 5.96. The van der Waals surface area contributed by atoms with E-state index in [2.05, 4.69) is 25.3 Å². The molecule has 2 aromatic rings. The first-order chi connectivity index (χ1) is 7.58. The van der Waals surface area contributed by atoms with Gasteiger partial charge in [-0.05, 0) is 23.4 Å². The fraction of sp³-hybridized carbons (Fsp3) is 0. The Balaban J connectivity index is 2.33. The second-order valence-electron chi connectivity index (χ2n) is 2.80. The minimum absolute atomic E-state index is 0.0322. The first kappa shape index (κ1) is 10.8. The predicted molar refractivity (Wildman–Crippen MR) is 56.4 cm³/mol. The molecule has 0 spiro atoms. The highest BCUT2D eigenvalue weighted by atomic mass is 35.5. The van der Waals surface area contributed by atoms with Crippen LogP contribution in [0.25, 0.3) is 0 Å². The van der Waals surface area contributed by atoms with Crippen molar-refractivity contribution in [3.63, 3.8) is 0 Å². The lowest BCUT2D eigenvalue weighted by molar-refractivity contribution is 0.601. The van der Waals surface area contributed by atoms with Crippen LogP contribution in [0, 0.1) is 0 Å². The molecule has 84 valence electrons. The van der Waals surface area contributed by atoms with E-state index in [4.69, 9.17) is 11.6 Å². The highest BCUT2D eigenvalue weighted by Gasteiger charge is 2.16. The highest BCUT2D eigenvalue weighted by Crippen LogP contribution is 2.16. The van der Waals surface area contributed by atoms with Gasteiger partial charge in [0.05, 0.1) is 4.90 Å². The Morgan fingerprint density at radius 2 is 2.19 bits per heavy atom. The fourth-order valence-corrected chi connectivity index (χ4v) is 2.26. The van der Waals surface area contributed by atoms with E-state index in [1.165, 1.54) is 18.2 Å². The summed E-state index contributed by atoms with van der Waals surface area (Å²) in [5.41, 5.74) is 0. The van der Waals surface area contributed by atoms with Crippen molar-refractivity contribution in [2.75, 3.05) is 4.72 Å². The number of sulfonamides is 1. The number of hydrogen-bond donors (Lipinski definition) is 2. The van der Waals surface area contributed by atoms with Gasteiger partial charge in [-0.3, -0.25) is 0 Å². The van der Waals surface area contributed by atoms with Crippen molar-refractivity contribution < 1.29 is 8.42 Å². The summed E-state index contributed by atoms with van der Waals surface area (Å²) >= 11 is 5.69. The quantitative estimate of drug-likeness (QED) is 0.843. The van der Waals surface area contributed by atoms with Crippen LogP contribution < -0.4 is 4.72 Å². The van der Waals surface area contributed by atoms with Crippen LogP contribution in [0.4, 0.5) is 5.95 Å². The van der Waals surface area contributed by atoms with E-state index < -0.39 is 10.0 Å². The summed E-state index contributed by atoms with van der Waals surface area (Å²) in [5.74, 6) is -0.125. The summed E-state index contributed by atoms with van der Waals surface area (Å²) in [7, 11) is -3.73. The topological polar surface area (TPSA) is 101 Å². The standard InChI is InChI=1S/C7H6ClN5O2S/c8-5-2-1-3-6(4-5)16(14,15)11-7-9-12-13-10-7/h1-4H,(H2,9,10,11,12,13). The molecule has 0 unspecified atom stereocenters. The molecule has 0 amide bonds. The van der Waals surface area contributed by atoms with Crippen molar-refractivity contribution in [3.8, 4) is 0 Å². The number of aromatic nitrogens is 4. The predicted octanol–water partition coefficient (Wildman–Crippen LogP) is 0.654. The maximum Gasteiger partial charge on any atom is 0.276 e. The highest BCUT2D eigenvalue weighted by molar-refractivity contribution is 7.92. The van der Waals surface area contributed by atoms with Crippen LogP contribution in [-0.2, 0) is 10.0 Å². The second kappa shape index (κ2) is 4.06. The van der Waals surface area contributed by atoms with Gasteiger partial charge in [0, 0.05) is 5.02 Å². The molecule has 0 bridgehead atoms. The number of nitrogens with one attached hydrogen (secondary N) is 2. The molecular weight excluding hydrogens is 254 g/mol. The van der Waals surface area contributed by atoms with Crippen LogP contribution >= 0.6 is 11.6 Å². The van der Waals surface area contributed by atoms with Gasteiger partial charge >= 0.3 is 0 Å². The van der Waals surface area contributed by atoms with Crippen LogP contribution in [0.5, 0.6) is 0 Å². The molecule has 9 heteroatoms. The van der Waals surface area contributed by atoms with E-state index in [1.54, 1.807) is 6.07 Å². The molecule has 0 aliphatic heterocycles. The van der Waals surface area contributed by atoms with Crippen molar-refractivity contribution in [2.24, 2.45) is 0 Å². The van der Waals surface area contributed by atoms with Gasteiger partial charge in [-0.1, -0.05) is 22.8 Å². The summed E-state index contributed by atoms with van der Waals surface area (Å²) in [6.45, 7) is 0. The Kier molecular flexibility index (Phi) is 2.75. The Morgan fingerprint density at radius 1 is 1.38 bits per heavy atom. The van der Waals surface area contributed by atoms with E-state index in [0.29, 0.717) is 5.02 Å². The van der Waals surface area contributed by atoms with Gasteiger partial charge in [-0.25, -0.2) is 13.1 Å². The molecule has 0 aliphatic rings. The number of hydrogen-bond acceptors (Lipinski definition) is 5. The molecule has 1 aromatic carbocycles. The van der Waals surface area contributed by atoms with E-state index in [0.717, 1.165) is 0 Å². The zero-order chi connectivity index (χ0) is 11.6. The molecule has 1 heterocycles. The first-order valence-electron chi connectivity index (χ1n) is 4.10. The van der Waals surface area contributed by atoms with Gasteiger partial charge in [-0.2, -0.15) is 5.21 Å². The van der Waals surface area contributed by atoms with Crippen LogP contribution in [0.3, 0.4) is 0 Å². The van der Waals surface area contributed by atoms with Crippen LogP contribution in [0.15, 0.2) is 29.2 Å². The Hall–Kier alpha value is -1.67. The third-order valence-corrected chi connectivity index (χ3v) is 3.24. The molecule has 0 aliphatic carbocycles. The minimum atomic E-state index is -3.73. The third kappa shape index (κ3) is 2.28. The smallest absolute Gasteiger partial charge is 0.245 e. The molecule has 2 rings (SSSR count). The lowest BCUT2D eigenvalue weighted by Crippen LogP contribution is -2.13. The number of aromatic amines is 1. The summed E-state index contributed by atoms with van der Waals surface area (Å²) in [4.78, 5) is 0.0322. The molecule has 0 atom stereocenters. The van der Waals surface area contributed by atoms with Gasteiger partial charge in [-0.15, -0.1) is 5.10 Å². The Morgan fingerprint density at radius 3 is 2.81 bits per heavy atom. The molecule has 7 nitrogen and oxygen atoms in total. The number of benzene rings is 1. The molecule has 0 radical (unpaired) electrons. The Bertz CT molecular complexity index is 583. The van der Waals surface area contributed by atoms with Gasteiger partial charge in [0.1, 0.15) is 0 Å². The summed E-state index contributed by atoms with van der Waals surface area (Å²) in [5, 5.41) is 12.6. The zero-order valence-corrected chi connectivity index (χ0v) is 9.33. The number of H-pyrrole nitrogens is 1. The SMILES string of the molecule is O=S(=O)(Nc1nn[nH]n1)c1cccc(Cl)c1. The maximum atomic E-state index is 11.8. The van der Waals surface area contributed by atoms with E-state index in [-0.39, 0.29) is 10.8 Å². The van der Waals surface area contributed by atoms with E-state index >= 15 is 0 Å². The van der Waals surface area contributed by atoms with E-state index in [1.807, 2.05) is 0 Å². The van der Waals surface area contributed by atoms with Crippen LogP contribution in [-0.4, -0.2) is 29.0 Å². The monoisotopic (exact) mass is 259 g/mol. The summed E-state index contributed by atoms with van der Waals surface area (Å²) in [6, 6.07) is 5.85. The van der Waals surface area contributed by atoms with Crippen LogP contribution in [0.2, 0.25) is 5.02 Å².